The summed E-state index contributed by atoms with van der Waals surface area (Å²) in [5.41, 5.74) is 6.60. The summed E-state index contributed by atoms with van der Waals surface area (Å²) in [5.74, 6) is -0.606. The minimum atomic E-state index is -1.26. The monoisotopic (exact) mass is 228 g/mol. The van der Waals surface area contributed by atoms with Crippen molar-refractivity contribution in [1.29, 1.82) is 0 Å². The van der Waals surface area contributed by atoms with Gasteiger partial charge in [0.15, 0.2) is 0 Å². The largest absolute Gasteiger partial charge is 0.398 e. The van der Waals surface area contributed by atoms with E-state index in [9.17, 15) is 14.6 Å². The van der Waals surface area contributed by atoms with Gasteiger partial charge in [0, 0.05) is 17.8 Å². The van der Waals surface area contributed by atoms with Crippen LogP contribution in [0.3, 0.4) is 0 Å². The minimum absolute atomic E-state index is 0.0643. The number of hydrogen-bond donors (Lipinski definition) is 4. The topological polar surface area (TPSA) is 78.5 Å². The van der Waals surface area contributed by atoms with Crippen LogP contribution in [-0.4, -0.2) is 29.9 Å². The summed E-state index contributed by atoms with van der Waals surface area (Å²) >= 11 is 0. The van der Waals surface area contributed by atoms with Gasteiger partial charge in [-0.2, -0.15) is 0 Å². The molecule has 1 rings (SSSR count). The van der Waals surface area contributed by atoms with Gasteiger partial charge in [-0.15, -0.1) is 0 Å². The van der Waals surface area contributed by atoms with Crippen LogP contribution in [0, 0.1) is 12.7 Å². The molecule has 16 heavy (non-hydrogen) atoms. The molecule has 0 radical (unpaired) electrons. The summed E-state index contributed by atoms with van der Waals surface area (Å²) in [6.45, 7) is 1.90. The van der Waals surface area contributed by atoms with Crippen molar-refractivity contribution < 1.29 is 14.6 Å². The number of nitrogen functional groups attached to an aromatic ring is 1. The lowest BCUT2D eigenvalue weighted by Gasteiger charge is -2.19. The van der Waals surface area contributed by atoms with Gasteiger partial charge >= 0.3 is 0 Å². The van der Waals surface area contributed by atoms with Gasteiger partial charge in [-0.25, -0.2) is 4.39 Å². The van der Waals surface area contributed by atoms with Crippen LogP contribution < -0.4 is 11.1 Å². The van der Waals surface area contributed by atoms with Crippen LogP contribution in [0.15, 0.2) is 12.1 Å². The second kappa shape index (κ2) is 5.25. The lowest BCUT2D eigenvalue weighted by molar-refractivity contribution is 0.0181. The van der Waals surface area contributed by atoms with Gasteiger partial charge in [0.2, 0.25) is 0 Å². The molecule has 0 amide bonds. The highest BCUT2D eigenvalue weighted by molar-refractivity contribution is 5.49. The van der Waals surface area contributed by atoms with Crippen molar-refractivity contribution in [2.75, 3.05) is 19.3 Å². The van der Waals surface area contributed by atoms with Crippen LogP contribution >= 0.6 is 0 Å². The maximum Gasteiger partial charge on any atom is 0.131 e. The fraction of sp³-hybridized carbons (Fsp3) is 0.455. The normalized spacial score (nSPS) is 14.8. The second-order valence-electron chi connectivity index (χ2n) is 3.80. The van der Waals surface area contributed by atoms with Crippen molar-refractivity contribution in [3.05, 3.63) is 29.1 Å². The molecule has 0 aliphatic rings. The highest BCUT2D eigenvalue weighted by atomic mass is 19.1. The molecule has 0 aliphatic carbocycles. The molecular weight excluding hydrogens is 211 g/mol. The zero-order chi connectivity index (χ0) is 12.3. The van der Waals surface area contributed by atoms with Crippen LogP contribution in [0.1, 0.15) is 17.2 Å². The molecule has 1 aromatic rings. The number of halogens is 1. The van der Waals surface area contributed by atoms with E-state index in [1.54, 1.807) is 14.0 Å². The Labute approximate surface area is 93.9 Å². The van der Waals surface area contributed by atoms with Crippen molar-refractivity contribution in [3.8, 4) is 0 Å². The lowest BCUT2D eigenvalue weighted by atomic mass is 10.0. The molecule has 0 saturated heterocycles. The summed E-state index contributed by atoms with van der Waals surface area (Å²) in [4.78, 5) is 0. The molecular formula is C11H17FN2O2. The van der Waals surface area contributed by atoms with Gasteiger partial charge in [0.25, 0.3) is 0 Å². The Kier molecular flexibility index (Phi) is 4.23. The first kappa shape index (κ1) is 12.9. The number of aliphatic hydroxyl groups is 2. The van der Waals surface area contributed by atoms with E-state index in [0.29, 0.717) is 11.3 Å². The maximum atomic E-state index is 13.5. The van der Waals surface area contributed by atoms with Crippen LogP contribution in [-0.2, 0) is 0 Å². The predicted octanol–water partition coefficient (Wildman–Crippen LogP) is 0.330. The Balaban J connectivity index is 2.99. The molecule has 0 fully saturated rings. The van der Waals surface area contributed by atoms with Crippen molar-refractivity contribution >= 4 is 5.69 Å². The van der Waals surface area contributed by atoms with E-state index in [0.717, 1.165) is 6.07 Å². The van der Waals surface area contributed by atoms with E-state index in [1.807, 2.05) is 0 Å². The standard InChI is InChI=1S/C11H17FN2O2/c1-6-3-7(8(12)4-9(6)13)11(16)10(15)5-14-2/h3-4,10-11,14-16H,5,13H2,1-2H3. The molecule has 0 heterocycles. The first-order valence-electron chi connectivity index (χ1n) is 5.03. The van der Waals surface area contributed by atoms with Gasteiger partial charge in [-0.05, 0) is 31.7 Å². The Morgan fingerprint density at radius 2 is 2.06 bits per heavy atom. The van der Waals surface area contributed by atoms with E-state index in [-0.39, 0.29) is 12.1 Å². The molecule has 0 saturated carbocycles. The van der Waals surface area contributed by atoms with E-state index in [4.69, 9.17) is 5.73 Å². The van der Waals surface area contributed by atoms with E-state index >= 15 is 0 Å². The predicted molar refractivity (Wildman–Crippen MR) is 60.4 cm³/mol. The van der Waals surface area contributed by atoms with Crippen LogP contribution in [0.4, 0.5) is 10.1 Å². The number of nitrogens with two attached hydrogens (primary N) is 1. The summed E-state index contributed by atoms with van der Waals surface area (Å²) in [6, 6.07) is 2.61. The fourth-order valence-corrected chi connectivity index (χ4v) is 1.47. The molecule has 5 N–H and O–H groups in total. The van der Waals surface area contributed by atoms with Crippen molar-refractivity contribution in [3.63, 3.8) is 0 Å². The first-order chi connectivity index (χ1) is 7.47. The average Bonchev–Trinajstić information content (AvgIpc) is 2.23. The Bertz CT molecular complexity index is 371. The molecule has 4 nitrogen and oxygen atoms in total. The number of nitrogens with one attached hydrogen (secondary N) is 1. The van der Waals surface area contributed by atoms with Crippen LogP contribution in [0.25, 0.3) is 0 Å². The SMILES string of the molecule is CNCC(O)C(O)c1cc(C)c(N)cc1F. The van der Waals surface area contributed by atoms with Gasteiger partial charge < -0.3 is 21.3 Å². The van der Waals surface area contributed by atoms with E-state index in [1.165, 1.54) is 6.07 Å². The van der Waals surface area contributed by atoms with Gasteiger partial charge in [-0.3, -0.25) is 0 Å². The lowest BCUT2D eigenvalue weighted by Crippen LogP contribution is -2.30. The van der Waals surface area contributed by atoms with Gasteiger partial charge in [-0.1, -0.05) is 0 Å². The third kappa shape index (κ3) is 2.69. The molecule has 90 valence electrons. The number of aryl methyl sites for hydroxylation is 1. The highest BCUT2D eigenvalue weighted by Gasteiger charge is 2.21. The molecule has 0 aliphatic heterocycles. The molecule has 0 aromatic heterocycles. The fourth-order valence-electron chi connectivity index (χ4n) is 1.47. The van der Waals surface area contributed by atoms with E-state index < -0.39 is 18.0 Å². The molecule has 2 atom stereocenters. The summed E-state index contributed by atoms with van der Waals surface area (Å²) in [6.07, 6.45) is -2.31. The minimum Gasteiger partial charge on any atom is -0.398 e. The number of hydrogen-bond acceptors (Lipinski definition) is 4. The van der Waals surface area contributed by atoms with Crippen LogP contribution in [0.2, 0.25) is 0 Å². The Morgan fingerprint density at radius 3 is 2.62 bits per heavy atom. The average molecular weight is 228 g/mol. The zero-order valence-electron chi connectivity index (χ0n) is 9.37. The van der Waals surface area contributed by atoms with Crippen molar-refractivity contribution in [1.82, 2.24) is 5.32 Å². The molecule has 2 unspecified atom stereocenters. The van der Waals surface area contributed by atoms with Crippen molar-refractivity contribution in [2.24, 2.45) is 0 Å². The van der Waals surface area contributed by atoms with Gasteiger partial charge in [0.1, 0.15) is 11.9 Å². The summed E-state index contributed by atoms with van der Waals surface area (Å²) in [7, 11) is 1.64. The summed E-state index contributed by atoms with van der Waals surface area (Å²) < 4.78 is 13.5. The number of aliphatic hydroxyl groups excluding tert-OH is 2. The first-order valence-corrected chi connectivity index (χ1v) is 5.03. The number of rotatable bonds is 4. The molecule has 0 bridgehead atoms. The second-order valence-corrected chi connectivity index (χ2v) is 3.80. The van der Waals surface area contributed by atoms with Gasteiger partial charge in [0.05, 0.1) is 6.10 Å². The number of likely N-dealkylation sites (N-methyl/N-ethyl adjacent to an activating group) is 1. The summed E-state index contributed by atoms with van der Waals surface area (Å²) in [5, 5.41) is 22.0. The zero-order valence-corrected chi connectivity index (χ0v) is 9.37. The third-order valence-corrected chi connectivity index (χ3v) is 2.48. The number of benzene rings is 1. The third-order valence-electron chi connectivity index (χ3n) is 2.48. The Morgan fingerprint density at radius 1 is 1.44 bits per heavy atom. The Hall–Kier alpha value is -1.17. The number of anilines is 1. The van der Waals surface area contributed by atoms with Crippen molar-refractivity contribution in [2.45, 2.75) is 19.1 Å². The quantitative estimate of drug-likeness (QED) is 0.560. The smallest absolute Gasteiger partial charge is 0.131 e. The molecule has 5 heteroatoms. The van der Waals surface area contributed by atoms with Crippen LogP contribution in [0.5, 0.6) is 0 Å². The molecule has 0 spiro atoms. The maximum absolute atomic E-state index is 13.5. The van der Waals surface area contributed by atoms with E-state index in [2.05, 4.69) is 5.32 Å². The molecule has 1 aromatic carbocycles. The highest BCUT2D eigenvalue weighted by Crippen LogP contribution is 2.24.